The Bertz CT molecular complexity index is 564. The Morgan fingerprint density at radius 3 is 2.47 bits per heavy atom. The van der Waals surface area contributed by atoms with Gasteiger partial charge in [-0.2, -0.15) is 10.2 Å². The standard InChI is InChI=1S/C8H10ClN5S/c1-4-5(9)6(14(3)12-4)7-10-11-8(15)13(7)2/h1-3H3,(H,11,15). The van der Waals surface area contributed by atoms with Crippen molar-refractivity contribution in [3.8, 4) is 11.5 Å². The highest BCUT2D eigenvalue weighted by Crippen LogP contribution is 2.27. The zero-order chi connectivity index (χ0) is 11.2. The molecule has 0 aliphatic carbocycles. The Labute approximate surface area is 96.7 Å². The summed E-state index contributed by atoms with van der Waals surface area (Å²) < 4.78 is 4.01. The van der Waals surface area contributed by atoms with E-state index in [-0.39, 0.29) is 0 Å². The molecule has 0 amide bonds. The van der Waals surface area contributed by atoms with Crippen molar-refractivity contribution in [3.05, 3.63) is 15.5 Å². The van der Waals surface area contributed by atoms with E-state index in [9.17, 15) is 0 Å². The number of aryl methyl sites for hydroxylation is 2. The lowest BCUT2D eigenvalue weighted by Gasteiger charge is -2.00. The van der Waals surface area contributed by atoms with E-state index in [0.717, 1.165) is 11.4 Å². The van der Waals surface area contributed by atoms with E-state index in [2.05, 4.69) is 15.3 Å². The Balaban J connectivity index is 2.74. The predicted octanol–water partition coefficient (Wildman–Crippen LogP) is 1.84. The largest absolute Gasteiger partial charge is 0.302 e. The highest BCUT2D eigenvalue weighted by atomic mass is 35.5. The van der Waals surface area contributed by atoms with E-state index >= 15 is 0 Å². The fraction of sp³-hybridized carbons (Fsp3) is 0.375. The van der Waals surface area contributed by atoms with E-state index in [0.29, 0.717) is 15.6 Å². The summed E-state index contributed by atoms with van der Waals surface area (Å²) in [6.45, 7) is 1.85. The quantitative estimate of drug-likeness (QED) is 0.778. The SMILES string of the molecule is Cc1nn(C)c(-c2n[nH]c(=S)n2C)c1Cl. The van der Waals surface area contributed by atoms with Crippen LogP contribution in [0.5, 0.6) is 0 Å². The van der Waals surface area contributed by atoms with Gasteiger partial charge in [-0.05, 0) is 19.1 Å². The van der Waals surface area contributed by atoms with Gasteiger partial charge in [-0.3, -0.25) is 9.78 Å². The summed E-state index contributed by atoms with van der Waals surface area (Å²) in [6, 6.07) is 0. The molecule has 0 saturated heterocycles. The van der Waals surface area contributed by atoms with Crippen LogP contribution in [-0.4, -0.2) is 24.5 Å². The zero-order valence-electron chi connectivity index (χ0n) is 8.58. The van der Waals surface area contributed by atoms with E-state index < -0.39 is 0 Å². The number of H-pyrrole nitrogens is 1. The molecule has 2 heterocycles. The van der Waals surface area contributed by atoms with E-state index in [1.165, 1.54) is 0 Å². The Morgan fingerprint density at radius 1 is 1.40 bits per heavy atom. The topological polar surface area (TPSA) is 51.4 Å². The highest BCUT2D eigenvalue weighted by Gasteiger charge is 2.17. The molecule has 5 nitrogen and oxygen atoms in total. The van der Waals surface area contributed by atoms with Gasteiger partial charge < -0.3 is 4.57 Å². The van der Waals surface area contributed by atoms with Crippen molar-refractivity contribution < 1.29 is 0 Å². The van der Waals surface area contributed by atoms with Crippen LogP contribution in [0.3, 0.4) is 0 Å². The van der Waals surface area contributed by atoms with Gasteiger partial charge in [-0.25, -0.2) is 0 Å². The maximum absolute atomic E-state index is 6.15. The molecule has 0 spiro atoms. The molecule has 7 heteroatoms. The Morgan fingerprint density at radius 2 is 2.07 bits per heavy atom. The van der Waals surface area contributed by atoms with Crippen LogP contribution in [0, 0.1) is 11.7 Å². The van der Waals surface area contributed by atoms with Gasteiger partial charge in [0.25, 0.3) is 0 Å². The molecule has 0 bridgehead atoms. The number of rotatable bonds is 1. The fourth-order valence-corrected chi connectivity index (χ4v) is 1.81. The van der Waals surface area contributed by atoms with E-state index in [4.69, 9.17) is 23.8 Å². The van der Waals surface area contributed by atoms with Crippen LogP contribution in [0.4, 0.5) is 0 Å². The minimum atomic E-state index is 0.555. The molecule has 0 radical (unpaired) electrons. The molecule has 2 rings (SSSR count). The molecule has 2 aromatic heterocycles. The third kappa shape index (κ3) is 1.49. The summed E-state index contributed by atoms with van der Waals surface area (Å²) in [4.78, 5) is 0. The first-order chi connectivity index (χ1) is 7.02. The molecular formula is C8H10ClN5S. The lowest BCUT2D eigenvalue weighted by molar-refractivity contribution is 0.751. The van der Waals surface area contributed by atoms with Crippen LogP contribution < -0.4 is 0 Å². The maximum atomic E-state index is 6.15. The molecule has 0 fully saturated rings. The number of hydrogen-bond acceptors (Lipinski definition) is 3. The van der Waals surface area contributed by atoms with Crippen LogP contribution in [0.1, 0.15) is 5.69 Å². The third-order valence-corrected chi connectivity index (χ3v) is 3.06. The van der Waals surface area contributed by atoms with Crippen LogP contribution in [-0.2, 0) is 14.1 Å². The summed E-state index contributed by atoms with van der Waals surface area (Å²) in [5.74, 6) is 0.688. The van der Waals surface area contributed by atoms with Crippen molar-refractivity contribution in [2.45, 2.75) is 6.92 Å². The van der Waals surface area contributed by atoms with Gasteiger partial charge in [-0.1, -0.05) is 11.6 Å². The zero-order valence-corrected chi connectivity index (χ0v) is 10.1. The Kier molecular flexibility index (Phi) is 2.40. The van der Waals surface area contributed by atoms with Crippen molar-refractivity contribution in [2.75, 3.05) is 0 Å². The predicted molar refractivity (Wildman–Crippen MR) is 60.3 cm³/mol. The van der Waals surface area contributed by atoms with Crippen LogP contribution in [0.2, 0.25) is 5.02 Å². The number of nitrogens with one attached hydrogen (secondary N) is 1. The third-order valence-electron chi connectivity index (χ3n) is 2.24. The average Bonchev–Trinajstić information content (AvgIpc) is 2.60. The lowest BCUT2D eigenvalue weighted by atomic mass is 10.3. The first kappa shape index (κ1) is 10.4. The number of aromatic nitrogens is 5. The molecule has 0 saturated carbocycles. The van der Waals surface area contributed by atoms with E-state index in [1.807, 2.05) is 21.0 Å². The monoisotopic (exact) mass is 243 g/mol. The van der Waals surface area contributed by atoms with Crippen molar-refractivity contribution in [1.29, 1.82) is 0 Å². The second kappa shape index (κ2) is 3.46. The van der Waals surface area contributed by atoms with Crippen molar-refractivity contribution in [2.24, 2.45) is 14.1 Å². The fourth-order valence-electron chi connectivity index (χ4n) is 1.43. The molecule has 0 unspecified atom stereocenters. The lowest BCUT2D eigenvalue weighted by Crippen LogP contribution is -1.99. The molecule has 1 N–H and O–H groups in total. The highest BCUT2D eigenvalue weighted by molar-refractivity contribution is 7.71. The van der Waals surface area contributed by atoms with E-state index in [1.54, 1.807) is 9.25 Å². The molecular weight excluding hydrogens is 234 g/mol. The number of hydrogen-bond donors (Lipinski definition) is 1. The smallest absolute Gasteiger partial charge is 0.195 e. The van der Waals surface area contributed by atoms with Crippen molar-refractivity contribution in [1.82, 2.24) is 24.5 Å². The second-order valence-corrected chi connectivity index (χ2v) is 4.05. The Hall–Kier alpha value is -1.14. The van der Waals surface area contributed by atoms with Crippen molar-refractivity contribution >= 4 is 23.8 Å². The first-order valence-corrected chi connectivity index (χ1v) is 5.12. The van der Waals surface area contributed by atoms with Gasteiger partial charge in [0.1, 0.15) is 5.69 Å². The molecule has 0 aliphatic rings. The summed E-state index contributed by atoms with van der Waals surface area (Å²) in [5.41, 5.74) is 1.55. The normalized spacial score (nSPS) is 10.9. The van der Waals surface area contributed by atoms with Crippen LogP contribution >= 0.6 is 23.8 Å². The minimum absolute atomic E-state index is 0.555. The van der Waals surface area contributed by atoms with Gasteiger partial charge in [0.05, 0.1) is 10.7 Å². The van der Waals surface area contributed by atoms with Gasteiger partial charge >= 0.3 is 0 Å². The average molecular weight is 244 g/mol. The molecule has 0 aromatic carbocycles. The summed E-state index contributed by atoms with van der Waals surface area (Å²) >= 11 is 11.2. The van der Waals surface area contributed by atoms with Gasteiger partial charge in [-0.15, -0.1) is 0 Å². The van der Waals surface area contributed by atoms with Crippen LogP contribution in [0.15, 0.2) is 0 Å². The molecule has 80 valence electrons. The summed E-state index contributed by atoms with van der Waals surface area (Å²) in [7, 11) is 3.66. The summed E-state index contributed by atoms with van der Waals surface area (Å²) in [5, 5.41) is 11.7. The minimum Gasteiger partial charge on any atom is -0.302 e. The van der Waals surface area contributed by atoms with Crippen molar-refractivity contribution in [3.63, 3.8) is 0 Å². The van der Waals surface area contributed by atoms with Gasteiger partial charge in [0.2, 0.25) is 0 Å². The number of halogens is 1. The second-order valence-electron chi connectivity index (χ2n) is 3.28. The number of nitrogens with zero attached hydrogens (tertiary/aromatic N) is 4. The molecule has 0 aliphatic heterocycles. The maximum Gasteiger partial charge on any atom is 0.195 e. The summed E-state index contributed by atoms with van der Waals surface area (Å²) in [6.07, 6.45) is 0. The van der Waals surface area contributed by atoms with Gasteiger partial charge in [0, 0.05) is 14.1 Å². The first-order valence-electron chi connectivity index (χ1n) is 4.33. The van der Waals surface area contributed by atoms with Gasteiger partial charge in [0.15, 0.2) is 10.6 Å². The molecule has 15 heavy (non-hydrogen) atoms. The van der Waals surface area contributed by atoms with Crippen LogP contribution in [0.25, 0.3) is 11.5 Å². The molecule has 0 atom stereocenters. The number of aromatic amines is 1. The molecule has 2 aromatic rings.